The molecule has 2 aliphatic rings. The van der Waals surface area contributed by atoms with Crippen LogP contribution in [0.3, 0.4) is 0 Å². The number of amides is 2. The van der Waals surface area contributed by atoms with Gasteiger partial charge in [0, 0.05) is 51.4 Å². The molecule has 0 aromatic carbocycles. The summed E-state index contributed by atoms with van der Waals surface area (Å²) in [5.41, 5.74) is 0.526. The van der Waals surface area contributed by atoms with Crippen molar-refractivity contribution in [2.45, 2.75) is 12.5 Å². The highest BCUT2D eigenvalue weighted by Crippen LogP contribution is 2.19. The number of urea groups is 1. The molecule has 0 aliphatic carbocycles. The van der Waals surface area contributed by atoms with Gasteiger partial charge in [0.2, 0.25) is 5.88 Å². The van der Waals surface area contributed by atoms with E-state index < -0.39 is 0 Å². The molecule has 3 heterocycles. The quantitative estimate of drug-likeness (QED) is 0.806. The molecule has 2 amide bonds. The van der Waals surface area contributed by atoms with Crippen molar-refractivity contribution in [1.29, 1.82) is 5.26 Å². The number of carbonyl (C=O) groups is 1. The first-order valence-corrected chi connectivity index (χ1v) is 7.91. The largest absolute Gasteiger partial charge is 0.472 e. The van der Waals surface area contributed by atoms with Crippen molar-refractivity contribution in [3.63, 3.8) is 0 Å². The molecule has 0 bridgehead atoms. The minimum Gasteiger partial charge on any atom is -0.472 e. The molecule has 0 saturated carbocycles. The van der Waals surface area contributed by atoms with Gasteiger partial charge in [-0.3, -0.25) is 0 Å². The molecule has 7 nitrogen and oxygen atoms in total. The molecule has 0 spiro atoms. The fourth-order valence-electron chi connectivity index (χ4n) is 2.91. The van der Waals surface area contributed by atoms with E-state index in [2.05, 4.69) is 23.0 Å². The van der Waals surface area contributed by atoms with Crippen molar-refractivity contribution in [1.82, 2.24) is 19.7 Å². The number of carbonyl (C=O) groups excluding carboxylic acids is 1. The van der Waals surface area contributed by atoms with Gasteiger partial charge in [-0.15, -0.1) is 0 Å². The lowest BCUT2D eigenvalue weighted by atomic mass is 10.3. The molecule has 0 radical (unpaired) electrons. The summed E-state index contributed by atoms with van der Waals surface area (Å²) in [5, 5.41) is 8.91. The molecular weight excluding hydrogens is 294 g/mol. The normalized spacial score (nSPS) is 22.0. The van der Waals surface area contributed by atoms with Gasteiger partial charge in [-0.1, -0.05) is 0 Å². The first-order chi connectivity index (χ1) is 11.2. The van der Waals surface area contributed by atoms with Crippen LogP contribution in [0.5, 0.6) is 5.88 Å². The third-order valence-electron chi connectivity index (χ3n) is 4.34. The summed E-state index contributed by atoms with van der Waals surface area (Å²) in [4.78, 5) is 22.6. The summed E-state index contributed by atoms with van der Waals surface area (Å²) in [7, 11) is 2.07. The smallest absolute Gasteiger partial charge is 0.320 e. The summed E-state index contributed by atoms with van der Waals surface area (Å²) in [6.45, 7) is 4.68. The van der Waals surface area contributed by atoms with E-state index in [1.807, 2.05) is 9.80 Å². The van der Waals surface area contributed by atoms with Gasteiger partial charge in [-0.05, 0) is 13.1 Å². The van der Waals surface area contributed by atoms with E-state index in [0.29, 0.717) is 24.5 Å². The summed E-state index contributed by atoms with van der Waals surface area (Å²) in [6, 6.07) is 5.44. The van der Waals surface area contributed by atoms with Gasteiger partial charge in [0.25, 0.3) is 0 Å². The molecule has 23 heavy (non-hydrogen) atoms. The monoisotopic (exact) mass is 315 g/mol. The zero-order valence-corrected chi connectivity index (χ0v) is 13.3. The van der Waals surface area contributed by atoms with Crippen LogP contribution < -0.4 is 4.74 Å². The zero-order valence-electron chi connectivity index (χ0n) is 13.3. The number of likely N-dealkylation sites (tertiary alicyclic amines) is 1. The van der Waals surface area contributed by atoms with E-state index in [0.717, 1.165) is 32.6 Å². The van der Waals surface area contributed by atoms with Crippen molar-refractivity contribution in [3.05, 3.63) is 23.9 Å². The molecule has 2 fully saturated rings. The predicted octanol–water partition coefficient (Wildman–Crippen LogP) is 0.774. The van der Waals surface area contributed by atoms with Crippen LogP contribution in [0.15, 0.2) is 18.3 Å². The van der Waals surface area contributed by atoms with Crippen LogP contribution in [-0.2, 0) is 0 Å². The lowest BCUT2D eigenvalue weighted by Crippen LogP contribution is -2.51. The van der Waals surface area contributed by atoms with E-state index in [9.17, 15) is 4.79 Å². The van der Waals surface area contributed by atoms with Crippen LogP contribution in [-0.4, -0.2) is 78.1 Å². The minimum absolute atomic E-state index is 0.0622. The molecule has 2 aliphatic heterocycles. The molecular formula is C16H21N5O2. The van der Waals surface area contributed by atoms with Gasteiger partial charge in [-0.2, -0.15) is 5.26 Å². The van der Waals surface area contributed by atoms with Crippen LogP contribution in [0.25, 0.3) is 0 Å². The van der Waals surface area contributed by atoms with Crippen LogP contribution in [0.1, 0.15) is 12.0 Å². The van der Waals surface area contributed by atoms with Gasteiger partial charge < -0.3 is 19.4 Å². The molecule has 1 aromatic rings. The maximum absolute atomic E-state index is 12.5. The van der Waals surface area contributed by atoms with Gasteiger partial charge in [0.15, 0.2) is 0 Å². The third kappa shape index (κ3) is 3.71. The van der Waals surface area contributed by atoms with Crippen molar-refractivity contribution in [2.75, 3.05) is 46.3 Å². The van der Waals surface area contributed by atoms with Gasteiger partial charge in [0.1, 0.15) is 6.10 Å². The summed E-state index contributed by atoms with van der Waals surface area (Å²) in [6.07, 6.45) is 2.29. The Hall–Kier alpha value is -2.33. The Labute approximate surface area is 136 Å². The van der Waals surface area contributed by atoms with Crippen molar-refractivity contribution >= 4 is 6.03 Å². The van der Waals surface area contributed by atoms with Crippen LogP contribution in [0.4, 0.5) is 4.79 Å². The molecule has 1 atom stereocenters. The number of nitriles is 1. The maximum Gasteiger partial charge on any atom is 0.320 e. The number of nitrogens with zero attached hydrogens (tertiary/aromatic N) is 5. The van der Waals surface area contributed by atoms with Gasteiger partial charge in [-0.25, -0.2) is 9.78 Å². The highest BCUT2D eigenvalue weighted by molar-refractivity contribution is 5.75. The number of hydrogen-bond donors (Lipinski definition) is 0. The van der Waals surface area contributed by atoms with E-state index in [1.54, 1.807) is 18.3 Å². The summed E-state index contributed by atoms with van der Waals surface area (Å²) in [5.74, 6) is 0.447. The van der Waals surface area contributed by atoms with Gasteiger partial charge in [0.05, 0.1) is 18.2 Å². The van der Waals surface area contributed by atoms with E-state index >= 15 is 0 Å². The molecule has 0 N–H and O–H groups in total. The van der Waals surface area contributed by atoms with Crippen molar-refractivity contribution < 1.29 is 9.53 Å². The first kappa shape index (κ1) is 15.6. The second-order valence-electron chi connectivity index (χ2n) is 6.04. The Morgan fingerprint density at radius 1 is 1.30 bits per heavy atom. The number of piperazine rings is 1. The van der Waals surface area contributed by atoms with Crippen LogP contribution in [0, 0.1) is 11.3 Å². The minimum atomic E-state index is -0.0622. The van der Waals surface area contributed by atoms with E-state index in [4.69, 9.17) is 10.00 Å². The fourth-order valence-corrected chi connectivity index (χ4v) is 2.91. The van der Waals surface area contributed by atoms with Crippen molar-refractivity contribution in [3.8, 4) is 11.9 Å². The number of aromatic nitrogens is 1. The number of hydrogen-bond acceptors (Lipinski definition) is 5. The second kappa shape index (κ2) is 6.84. The average Bonchev–Trinajstić information content (AvgIpc) is 3.03. The molecule has 122 valence electrons. The van der Waals surface area contributed by atoms with Crippen LogP contribution >= 0.6 is 0 Å². The fraction of sp³-hybridized carbons (Fsp3) is 0.562. The second-order valence-corrected chi connectivity index (χ2v) is 6.04. The number of ether oxygens (including phenoxy) is 1. The average molecular weight is 315 g/mol. The standard InChI is InChI=1S/C16H21N5O2/c1-19-6-8-20(9-7-19)16(22)21-5-3-14(12-21)23-15-10-13(11-17)2-4-18-15/h2,4,10,14H,3,5-9,12H2,1H3. The molecule has 3 rings (SSSR count). The maximum atomic E-state index is 12.5. The molecule has 1 aromatic heterocycles. The third-order valence-corrected chi connectivity index (χ3v) is 4.34. The highest BCUT2D eigenvalue weighted by Gasteiger charge is 2.31. The Kier molecular flexibility index (Phi) is 4.63. The molecule has 7 heteroatoms. The van der Waals surface area contributed by atoms with E-state index in [-0.39, 0.29) is 12.1 Å². The number of rotatable bonds is 2. The first-order valence-electron chi connectivity index (χ1n) is 7.91. The highest BCUT2D eigenvalue weighted by atomic mass is 16.5. The Morgan fingerprint density at radius 2 is 2.09 bits per heavy atom. The van der Waals surface area contributed by atoms with Gasteiger partial charge >= 0.3 is 6.03 Å². The number of pyridine rings is 1. The Morgan fingerprint density at radius 3 is 2.83 bits per heavy atom. The van der Waals surface area contributed by atoms with Crippen molar-refractivity contribution in [2.24, 2.45) is 0 Å². The SMILES string of the molecule is CN1CCN(C(=O)N2CCC(Oc3cc(C#N)ccn3)C2)CC1. The topological polar surface area (TPSA) is 72.7 Å². The Bertz CT molecular complexity index is 607. The zero-order chi connectivity index (χ0) is 16.2. The lowest BCUT2D eigenvalue weighted by molar-refractivity contribution is 0.123. The predicted molar refractivity (Wildman–Crippen MR) is 84.0 cm³/mol. The van der Waals surface area contributed by atoms with Crippen LogP contribution in [0.2, 0.25) is 0 Å². The molecule has 1 unspecified atom stereocenters. The summed E-state index contributed by atoms with van der Waals surface area (Å²) < 4.78 is 5.82. The molecule has 2 saturated heterocycles. The lowest BCUT2D eigenvalue weighted by Gasteiger charge is -2.34. The number of likely N-dealkylation sites (N-methyl/N-ethyl adjacent to an activating group) is 1. The summed E-state index contributed by atoms with van der Waals surface area (Å²) >= 11 is 0. The van der Waals surface area contributed by atoms with E-state index in [1.165, 1.54) is 0 Å². The Balaban J connectivity index is 1.54.